The first kappa shape index (κ1) is 21.5. The number of esters is 1. The number of benzene rings is 3. The minimum Gasteiger partial charge on any atom is -0.458 e. The van der Waals surface area contributed by atoms with E-state index in [4.69, 9.17) is 4.74 Å². The normalized spacial score (nSPS) is 28.5. The summed E-state index contributed by atoms with van der Waals surface area (Å²) < 4.78 is 6.25. The minimum absolute atomic E-state index is 0.0496. The van der Waals surface area contributed by atoms with Crippen LogP contribution in [0.25, 0.3) is 21.5 Å². The third-order valence-corrected chi connectivity index (χ3v) is 9.95. The van der Waals surface area contributed by atoms with E-state index in [0.717, 1.165) is 23.5 Å². The van der Waals surface area contributed by atoms with Crippen LogP contribution in [0.1, 0.15) is 57.9 Å². The molecule has 3 aromatic rings. The molecule has 0 aliphatic heterocycles. The summed E-state index contributed by atoms with van der Waals surface area (Å²) in [6.45, 7) is 4.39. The predicted molar refractivity (Wildman–Crippen MR) is 138 cm³/mol. The number of ether oxygens (including phenoxy) is 1. The van der Waals surface area contributed by atoms with Gasteiger partial charge < -0.3 is 4.74 Å². The summed E-state index contributed by atoms with van der Waals surface area (Å²) in [6, 6.07) is 19.6. The van der Waals surface area contributed by atoms with Gasteiger partial charge in [-0.1, -0.05) is 42.5 Å². The van der Waals surface area contributed by atoms with Gasteiger partial charge in [0.05, 0.1) is 5.75 Å². The Balaban J connectivity index is 1.12. The topological polar surface area (TPSA) is 26.3 Å². The molecule has 0 spiro atoms. The van der Waals surface area contributed by atoms with Crippen molar-refractivity contribution in [2.45, 2.75) is 63.7 Å². The van der Waals surface area contributed by atoms with Gasteiger partial charge in [-0.3, -0.25) is 4.79 Å². The highest BCUT2D eigenvalue weighted by atomic mass is 32.2. The van der Waals surface area contributed by atoms with Gasteiger partial charge in [-0.15, -0.1) is 11.8 Å². The maximum absolute atomic E-state index is 12.9. The molecular weight excluding hydrogens is 424 g/mol. The second-order valence-corrected chi connectivity index (χ2v) is 12.5. The lowest BCUT2D eigenvalue weighted by molar-refractivity contribution is -0.196. The molecule has 4 fully saturated rings. The maximum Gasteiger partial charge on any atom is 0.316 e. The molecule has 2 nitrogen and oxygen atoms in total. The molecule has 0 saturated heterocycles. The molecule has 0 N–H and O–H groups in total. The molecule has 7 rings (SSSR count). The largest absolute Gasteiger partial charge is 0.458 e. The van der Waals surface area contributed by atoms with Crippen molar-refractivity contribution in [1.82, 2.24) is 0 Å². The van der Waals surface area contributed by atoms with E-state index in [-0.39, 0.29) is 17.0 Å². The number of carbonyl (C=O) groups is 1. The Labute approximate surface area is 201 Å². The van der Waals surface area contributed by atoms with Crippen LogP contribution < -0.4 is 0 Å². The van der Waals surface area contributed by atoms with Gasteiger partial charge in [0, 0.05) is 11.2 Å². The molecule has 33 heavy (non-hydrogen) atoms. The first-order valence-electron chi connectivity index (χ1n) is 12.6. The highest BCUT2D eigenvalue weighted by Crippen LogP contribution is 2.64. The first-order valence-corrected chi connectivity index (χ1v) is 13.8. The Hall–Kier alpha value is -2.00. The number of carbonyl (C=O) groups excluding carboxylic acids is 1. The molecule has 0 radical (unpaired) electrons. The second kappa shape index (κ2) is 8.05. The number of rotatable bonds is 6. The quantitative estimate of drug-likeness (QED) is 0.279. The van der Waals surface area contributed by atoms with Crippen LogP contribution in [0.5, 0.6) is 0 Å². The molecule has 172 valence electrons. The third-order valence-electron chi connectivity index (χ3n) is 9.00. The molecule has 4 saturated carbocycles. The molecule has 3 heteroatoms. The number of hydrogen-bond donors (Lipinski definition) is 0. The van der Waals surface area contributed by atoms with Crippen molar-refractivity contribution in [3.8, 4) is 0 Å². The highest BCUT2D eigenvalue weighted by Gasteiger charge is 2.58. The standard InChI is InChI=1S/C30H34O2S/c1-29(2,30-15-20-10-21(16-30)12-22(11-20)17-30)32-28(31)19-33-18-26-9-5-8-25-13-23-6-3-4-7-24(23)14-27(25)26/h3-9,13-14,20-22H,10-12,15-19H2,1-2H3. The average molecular weight is 459 g/mol. The summed E-state index contributed by atoms with van der Waals surface area (Å²) in [4.78, 5) is 12.9. The summed E-state index contributed by atoms with van der Waals surface area (Å²) in [5, 5.41) is 5.08. The Morgan fingerprint density at radius 3 is 2.18 bits per heavy atom. The third kappa shape index (κ3) is 3.87. The van der Waals surface area contributed by atoms with Gasteiger partial charge in [0.25, 0.3) is 0 Å². The Kier molecular flexibility index (Phi) is 5.25. The second-order valence-electron chi connectivity index (χ2n) is 11.5. The number of fused-ring (bicyclic) bond motifs is 2. The SMILES string of the molecule is CC(C)(OC(=O)CSCc1cccc2cc3ccccc3cc12)C12CC3CC(CC(C3)C1)C2. The lowest BCUT2D eigenvalue weighted by atomic mass is 9.46. The maximum atomic E-state index is 12.9. The van der Waals surface area contributed by atoms with Gasteiger partial charge >= 0.3 is 5.97 Å². The van der Waals surface area contributed by atoms with Crippen molar-refractivity contribution in [2.75, 3.05) is 5.75 Å². The Morgan fingerprint density at radius 1 is 0.909 bits per heavy atom. The van der Waals surface area contributed by atoms with Crippen LogP contribution in [0.15, 0.2) is 54.6 Å². The van der Waals surface area contributed by atoms with Crippen molar-refractivity contribution in [3.05, 3.63) is 60.2 Å². The van der Waals surface area contributed by atoms with Crippen molar-refractivity contribution in [3.63, 3.8) is 0 Å². The molecule has 4 bridgehead atoms. The van der Waals surface area contributed by atoms with E-state index in [1.54, 1.807) is 11.8 Å². The monoisotopic (exact) mass is 458 g/mol. The highest BCUT2D eigenvalue weighted by molar-refractivity contribution is 7.99. The molecule has 0 aromatic heterocycles. The van der Waals surface area contributed by atoms with Crippen LogP contribution in [0.2, 0.25) is 0 Å². The smallest absolute Gasteiger partial charge is 0.316 e. The van der Waals surface area contributed by atoms with Gasteiger partial charge in [-0.2, -0.15) is 0 Å². The van der Waals surface area contributed by atoms with E-state index in [1.165, 1.54) is 65.6 Å². The Bertz CT molecular complexity index is 1180. The van der Waals surface area contributed by atoms with Crippen molar-refractivity contribution < 1.29 is 9.53 Å². The van der Waals surface area contributed by atoms with E-state index in [1.807, 2.05) is 0 Å². The average Bonchev–Trinajstić information content (AvgIpc) is 2.76. The van der Waals surface area contributed by atoms with Crippen LogP contribution in [0.3, 0.4) is 0 Å². The summed E-state index contributed by atoms with van der Waals surface area (Å²) in [5.41, 5.74) is 1.13. The van der Waals surface area contributed by atoms with Gasteiger partial charge in [0.2, 0.25) is 0 Å². The van der Waals surface area contributed by atoms with Gasteiger partial charge in [-0.05, 0) is 109 Å². The molecule has 4 aliphatic carbocycles. The minimum atomic E-state index is -0.362. The summed E-state index contributed by atoms with van der Waals surface area (Å²) >= 11 is 1.68. The Morgan fingerprint density at radius 2 is 1.52 bits per heavy atom. The van der Waals surface area contributed by atoms with E-state index >= 15 is 0 Å². The molecule has 0 atom stereocenters. The van der Waals surface area contributed by atoms with E-state index < -0.39 is 0 Å². The fraction of sp³-hybridized carbons (Fsp3) is 0.500. The zero-order chi connectivity index (χ0) is 22.6. The number of thioether (sulfide) groups is 1. The molecule has 0 amide bonds. The van der Waals surface area contributed by atoms with Crippen LogP contribution in [0, 0.1) is 23.2 Å². The summed E-state index contributed by atoms with van der Waals surface area (Å²) in [5.74, 6) is 3.79. The van der Waals surface area contributed by atoms with E-state index in [9.17, 15) is 4.79 Å². The first-order chi connectivity index (χ1) is 15.9. The lowest BCUT2D eigenvalue weighted by Gasteiger charge is -2.61. The zero-order valence-corrected chi connectivity index (χ0v) is 20.6. The summed E-state index contributed by atoms with van der Waals surface area (Å²) in [7, 11) is 0. The van der Waals surface area contributed by atoms with Crippen LogP contribution in [-0.4, -0.2) is 17.3 Å². The molecular formula is C30H34O2S. The molecule has 4 aliphatic rings. The van der Waals surface area contributed by atoms with Crippen molar-refractivity contribution >= 4 is 39.3 Å². The fourth-order valence-electron chi connectivity index (χ4n) is 7.67. The molecule has 3 aromatic carbocycles. The fourth-order valence-corrected chi connectivity index (χ4v) is 8.47. The lowest BCUT2D eigenvalue weighted by Crippen LogP contribution is -2.57. The van der Waals surface area contributed by atoms with Crippen molar-refractivity contribution in [2.24, 2.45) is 23.2 Å². The predicted octanol–water partition coefficient (Wildman–Crippen LogP) is 7.76. The van der Waals surface area contributed by atoms with E-state index in [0.29, 0.717) is 5.75 Å². The van der Waals surface area contributed by atoms with Gasteiger partial charge in [0.1, 0.15) is 5.60 Å². The van der Waals surface area contributed by atoms with Gasteiger partial charge in [0.15, 0.2) is 0 Å². The van der Waals surface area contributed by atoms with Crippen LogP contribution >= 0.6 is 11.8 Å². The van der Waals surface area contributed by atoms with Crippen molar-refractivity contribution in [1.29, 1.82) is 0 Å². The van der Waals surface area contributed by atoms with Crippen LogP contribution in [0.4, 0.5) is 0 Å². The number of hydrogen-bond acceptors (Lipinski definition) is 3. The van der Waals surface area contributed by atoms with Gasteiger partial charge in [-0.25, -0.2) is 0 Å². The molecule has 0 unspecified atom stereocenters. The van der Waals surface area contributed by atoms with E-state index in [2.05, 4.69) is 68.4 Å². The molecule has 0 heterocycles. The van der Waals surface area contributed by atoms with Crippen LogP contribution in [-0.2, 0) is 15.3 Å². The zero-order valence-electron chi connectivity index (χ0n) is 19.8. The summed E-state index contributed by atoms with van der Waals surface area (Å²) in [6.07, 6.45) is 8.03.